The van der Waals surface area contributed by atoms with E-state index in [9.17, 15) is 13.6 Å². The molecule has 0 unspecified atom stereocenters. The summed E-state index contributed by atoms with van der Waals surface area (Å²) in [7, 11) is 0. The number of benzene rings is 2. The molecule has 0 bridgehead atoms. The molecule has 0 saturated heterocycles. The van der Waals surface area contributed by atoms with Crippen molar-refractivity contribution >= 4 is 17.3 Å². The number of halogens is 2. The summed E-state index contributed by atoms with van der Waals surface area (Å²) in [5.41, 5.74) is 1.52. The van der Waals surface area contributed by atoms with E-state index in [1.807, 2.05) is 0 Å². The maximum Gasteiger partial charge on any atom is 0.243 e. The molecule has 104 valence electrons. The SMILES string of the molecule is Cc1cccc(F)c1NCC(=O)Nc1ccc(F)cc1. The van der Waals surface area contributed by atoms with Gasteiger partial charge in [-0.15, -0.1) is 0 Å². The van der Waals surface area contributed by atoms with E-state index in [4.69, 9.17) is 0 Å². The second-order valence-electron chi connectivity index (χ2n) is 4.34. The molecule has 20 heavy (non-hydrogen) atoms. The molecule has 3 nitrogen and oxygen atoms in total. The molecule has 2 rings (SSSR count). The molecule has 0 radical (unpaired) electrons. The highest BCUT2D eigenvalue weighted by atomic mass is 19.1. The van der Waals surface area contributed by atoms with Gasteiger partial charge >= 0.3 is 0 Å². The van der Waals surface area contributed by atoms with Crippen LogP contribution in [0.4, 0.5) is 20.2 Å². The Balaban J connectivity index is 1.94. The van der Waals surface area contributed by atoms with Crippen LogP contribution in [0.3, 0.4) is 0 Å². The summed E-state index contributed by atoms with van der Waals surface area (Å²) < 4.78 is 26.3. The van der Waals surface area contributed by atoms with Crippen LogP contribution in [0, 0.1) is 18.6 Å². The van der Waals surface area contributed by atoms with Crippen LogP contribution in [-0.4, -0.2) is 12.5 Å². The highest BCUT2D eigenvalue weighted by Crippen LogP contribution is 2.18. The Kier molecular flexibility index (Phi) is 4.30. The average molecular weight is 276 g/mol. The van der Waals surface area contributed by atoms with Crippen molar-refractivity contribution in [1.82, 2.24) is 0 Å². The minimum Gasteiger partial charge on any atom is -0.374 e. The highest BCUT2D eigenvalue weighted by molar-refractivity contribution is 5.93. The number of para-hydroxylation sites is 1. The van der Waals surface area contributed by atoms with Gasteiger partial charge in [-0.2, -0.15) is 0 Å². The Morgan fingerprint density at radius 3 is 2.45 bits per heavy atom. The van der Waals surface area contributed by atoms with Crippen molar-refractivity contribution in [2.75, 3.05) is 17.2 Å². The topological polar surface area (TPSA) is 41.1 Å². The van der Waals surface area contributed by atoms with E-state index in [-0.39, 0.29) is 18.3 Å². The molecule has 0 aliphatic carbocycles. The molecule has 0 heterocycles. The van der Waals surface area contributed by atoms with Crippen LogP contribution in [0.2, 0.25) is 0 Å². The van der Waals surface area contributed by atoms with E-state index in [1.54, 1.807) is 19.1 Å². The first-order valence-corrected chi connectivity index (χ1v) is 6.10. The summed E-state index contributed by atoms with van der Waals surface area (Å²) in [6.45, 7) is 1.68. The second kappa shape index (κ2) is 6.14. The molecule has 0 aliphatic heterocycles. The van der Waals surface area contributed by atoms with E-state index >= 15 is 0 Å². The van der Waals surface area contributed by atoms with Gasteiger partial charge in [-0.25, -0.2) is 8.78 Å². The van der Waals surface area contributed by atoms with Crippen molar-refractivity contribution in [2.45, 2.75) is 6.92 Å². The zero-order chi connectivity index (χ0) is 14.5. The number of aryl methyl sites for hydroxylation is 1. The molecule has 1 amide bonds. The number of anilines is 2. The minimum atomic E-state index is -0.403. The fraction of sp³-hybridized carbons (Fsp3) is 0.133. The molecular weight excluding hydrogens is 262 g/mol. The smallest absolute Gasteiger partial charge is 0.243 e. The third-order valence-corrected chi connectivity index (χ3v) is 2.78. The summed E-state index contributed by atoms with van der Waals surface area (Å²) in [4.78, 5) is 11.7. The molecule has 0 aliphatic rings. The van der Waals surface area contributed by atoms with E-state index in [0.717, 1.165) is 5.56 Å². The standard InChI is InChI=1S/C15H14F2N2O/c1-10-3-2-4-13(17)15(10)18-9-14(20)19-12-7-5-11(16)6-8-12/h2-8,18H,9H2,1H3,(H,19,20). The van der Waals surface area contributed by atoms with Crippen molar-refractivity contribution < 1.29 is 13.6 Å². The zero-order valence-corrected chi connectivity index (χ0v) is 10.9. The quantitative estimate of drug-likeness (QED) is 0.899. The van der Waals surface area contributed by atoms with Gasteiger partial charge in [-0.1, -0.05) is 12.1 Å². The summed E-state index contributed by atoms with van der Waals surface area (Å²) in [6, 6.07) is 10.1. The molecule has 0 aromatic heterocycles. The molecule has 0 atom stereocenters. The van der Waals surface area contributed by atoms with Gasteiger partial charge in [-0.3, -0.25) is 4.79 Å². The van der Waals surface area contributed by atoms with Gasteiger partial charge in [0.05, 0.1) is 12.2 Å². The van der Waals surface area contributed by atoms with Gasteiger partial charge in [0.1, 0.15) is 11.6 Å². The van der Waals surface area contributed by atoms with E-state index in [1.165, 1.54) is 30.3 Å². The first kappa shape index (κ1) is 14.0. The van der Waals surface area contributed by atoms with Crippen molar-refractivity contribution in [1.29, 1.82) is 0 Å². The zero-order valence-electron chi connectivity index (χ0n) is 10.9. The second-order valence-corrected chi connectivity index (χ2v) is 4.34. The predicted octanol–water partition coefficient (Wildman–Crippen LogP) is 3.32. The Bertz CT molecular complexity index is 592. The largest absolute Gasteiger partial charge is 0.374 e. The molecule has 0 fully saturated rings. The number of carbonyl (C=O) groups excluding carboxylic acids is 1. The predicted molar refractivity (Wildman–Crippen MR) is 74.7 cm³/mol. The first-order valence-electron chi connectivity index (χ1n) is 6.10. The maximum absolute atomic E-state index is 13.5. The van der Waals surface area contributed by atoms with Crippen molar-refractivity contribution in [2.24, 2.45) is 0 Å². The molecular formula is C15H14F2N2O. The number of rotatable bonds is 4. The van der Waals surface area contributed by atoms with Crippen LogP contribution in [0.25, 0.3) is 0 Å². The average Bonchev–Trinajstić information content (AvgIpc) is 2.41. The molecule has 2 aromatic carbocycles. The lowest BCUT2D eigenvalue weighted by Gasteiger charge is -2.10. The van der Waals surface area contributed by atoms with Gasteiger partial charge in [0.15, 0.2) is 0 Å². The van der Waals surface area contributed by atoms with Crippen molar-refractivity contribution in [3.05, 3.63) is 59.7 Å². The van der Waals surface area contributed by atoms with Crippen molar-refractivity contribution in [3.8, 4) is 0 Å². The highest BCUT2D eigenvalue weighted by Gasteiger charge is 2.07. The third kappa shape index (κ3) is 3.54. The van der Waals surface area contributed by atoms with Gasteiger partial charge < -0.3 is 10.6 Å². The normalized spacial score (nSPS) is 10.2. The van der Waals surface area contributed by atoms with Crippen LogP contribution in [0.1, 0.15) is 5.56 Å². The monoisotopic (exact) mass is 276 g/mol. The van der Waals surface area contributed by atoms with Crippen LogP contribution < -0.4 is 10.6 Å². The summed E-state index contributed by atoms with van der Waals surface area (Å²) in [6.07, 6.45) is 0. The van der Waals surface area contributed by atoms with Crippen molar-refractivity contribution in [3.63, 3.8) is 0 Å². The van der Waals surface area contributed by atoms with E-state index < -0.39 is 5.82 Å². The van der Waals surface area contributed by atoms with Gasteiger partial charge in [0, 0.05) is 5.69 Å². The van der Waals surface area contributed by atoms with Crippen LogP contribution in [-0.2, 0) is 4.79 Å². The summed E-state index contributed by atoms with van der Waals surface area (Å²) >= 11 is 0. The van der Waals surface area contributed by atoms with Crippen LogP contribution in [0.15, 0.2) is 42.5 Å². The van der Waals surface area contributed by atoms with Gasteiger partial charge in [-0.05, 0) is 42.8 Å². The number of hydrogen-bond acceptors (Lipinski definition) is 2. The fourth-order valence-electron chi connectivity index (χ4n) is 1.76. The Morgan fingerprint density at radius 1 is 1.10 bits per heavy atom. The lowest BCUT2D eigenvalue weighted by molar-refractivity contribution is -0.114. The molecule has 2 N–H and O–H groups in total. The Morgan fingerprint density at radius 2 is 1.80 bits per heavy atom. The van der Waals surface area contributed by atoms with Gasteiger partial charge in [0.2, 0.25) is 5.91 Å². The lowest BCUT2D eigenvalue weighted by Crippen LogP contribution is -2.22. The molecule has 5 heteroatoms. The third-order valence-electron chi connectivity index (χ3n) is 2.78. The summed E-state index contributed by atoms with van der Waals surface area (Å²) in [5, 5.41) is 5.34. The number of hydrogen-bond donors (Lipinski definition) is 2. The fourth-order valence-corrected chi connectivity index (χ4v) is 1.76. The number of nitrogens with one attached hydrogen (secondary N) is 2. The van der Waals surface area contributed by atoms with E-state index in [0.29, 0.717) is 11.4 Å². The number of carbonyl (C=O) groups is 1. The number of amides is 1. The minimum absolute atomic E-state index is 0.0703. The summed E-state index contributed by atoms with van der Waals surface area (Å²) in [5.74, 6) is -1.11. The molecule has 0 saturated carbocycles. The first-order chi connectivity index (χ1) is 9.56. The Hall–Kier alpha value is -2.43. The van der Waals surface area contributed by atoms with Crippen LogP contribution >= 0.6 is 0 Å². The molecule has 0 spiro atoms. The Labute approximate surface area is 115 Å². The molecule has 2 aromatic rings. The van der Waals surface area contributed by atoms with Gasteiger partial charge in [0.25, 0.3) is 0 Å². The lowest BCUT2D eigenvalue weighted by atomic mass is 10.2. The maximum atomic E-state index is 13.5. The van der Waals surface area contributed by atoms with E-state index in [2.05, 4.69) is 10.6 Å². The van der Waals surface area contributed by atoms with Crippen LogP contribution in [0.5, 0.6) is 0 Å².